The molecule has 248 valence electrons. The zero-order valence-corrected chi connectivity index (χ0v) is 27.7. The monoisotopic (exact) mass is 652 g/mol. The average molecular weight is 653 g/mol. The van der Waals surface area contributed by atoms with Gasteiger partial charge in [-0.25, -0.2) is 17.9 Å². The number of nitrogens with one attached hydrogen (secondary N) is 1. The van der Waals surface area contributed by atoms with E-state index >= 15 is 0 Å². The van der Waals surface area contributed by atoms with Crippen LogP contribution in [0.1, 0.15) is 74.9 Å². The second kappa shape index (κ2) is 15.5. The van der Waals surface area contributed by atoms with Crippen LogP contribution in [0.4, 0.5) is 4.79 Å². The molecule has 46 heavy (non-hydrogen) atoms. The fourth-order valence-electron chi connectivity index (χ4n) is 5.16. The van der Waals surface area contributed by atoms with Crippen LogP contribution in [0, 0.1) is 0 Å². The van der Waals surface area contributed by atoms with E-state index in [1.54, 1.807) is 63.2 Å². The van der Waals surface area contributed by atoms with E-state index in [4.69, 9.17) is 14.2 Å². The van der Waals surface area contributed by atoms with Gasteiger partial charge in [0.2, 0.25) is 10.0 Å². The first-order valence-electron chi connectivity index (χ1n) is 15.5. The predicted molar refractivity (Wildman–Crippen MR) is 176 cm³/mol. The lowest BCUT2D eigenvalue weighted by Gasteiger charge is -2.29. The van der Waals surface area contributed by atoms with Crippen LogP contribution >= 0.6 is 0 Å². The molecule has 1 aliphatic rings. The zero-order chi connectivity index (χ0) is 33.3. The minimum Gasteiger partial charge on any atom is -0.492 e. The fourth-order valence-corrected chi connectivity index (χ4v) is 5.61. The van der Waals surface area contributed by atoms with Crippen LogP contribution in [-0.2, 0) is 14.8 Å². The van der Waals surface area contributed by atoms with Gasteiger partial charge in [0, 0.05) is 0 Å². The number of sulfonamides is 1. The summed E-state index contributed by atoms with van der Waals surface area (Å²) in [5, 5.41) is 10.8. The van der Waals surface area contributed by atoms with Crippen molar-refractivity contribution in [2.75, 3.05) is 26.0 Å². The second-order valence-electron chi connectivity index (χ2n) is 12.5. The summed E-state index contributed by atoms with van der Waals surface area (Å²) < 4.78 is 43.2. The molecule has 0 unspecified atom stereocenters. The van der Waals surface area contributed by atoms with E-state index in [1.807, 2.05) is 35.1 Å². The molecule has 1 saturated carbocycles. The third-order valence-electron chi connectivity index (χ3n) is 7.40. The van der Waals surface area contributed by atoms with Crippen LogP contribution in [0.2, 0.25) is 0 Å². The Morgan fingerprint density at radius 1 is 0.957 bits per heavy atom. The van der Waals surface area contributed by atoms with Gasteiger partial charge in [0.1, 0.15) is 23.7 Å². The van der Waals surface area contributed by atoms with E-state index in [9.17, 15) is 23.1 Å². The number of rotatable bonds is 12. The van der Waals surface area contributed by atoms with E-state index in [0.717, 1.165) is 49.5 Å². The van der Waals surface area contributed by atoms with Crippen molar-refractivity contribution in [1.82, 2.24) is 9.62 Å². The topological polar surface area (TPSA) is 131 Å². The number of amides is 2. The summed E-state index contributed by atoms with van der Waals surface area (Å²) in [6.45, 7) is 5.78. The van der Waals surface area contributed by atoms with Crippen molar-refractivity contribution in [2.45, 2.75) is 70.7 Å². The molecular formula is C35H44N2O8S. The highest BCUT2D eigenvalue weighted by Crippen LogP contribution is 2.32. The van der Waals surface area contributed by atoms with Crippen molar-refractivity contribution < 1.29 is 37.3 Å². The largest absolute Gasteiger partial charge is 0.492 e. The SMILES string of the molecule is CC(C)(C)OC(=O)N(CCOc1ccc(-c2ccc(C(=O)NS(C)(=O)=O)c(OC3CCCCC3)c2)cc1)C[C@H](O)c1ccccc1. The maximum absolute atomic E-state index is 12.9. The predicted octanol–water partition coefficient (Wildman–Crippen LogP) is 6.10. The highest BCUT2D eigenvalue weighted by molar-refractivity contribution is 7.89. The molecule has 3 aromatic carbocycles. The van der Waals surface area contributed by atoms with Gasteiger partial charge in [0.15, 0.2) is 0 Å². The Morgan fingerprint density at radius 2 is 1.61 bits per heavy atom. The minimum absolute atomic E-state index is 0.0430. The number of aliphatic hydroxyl groups is 1. The smallest absolute Gasteiger partial charge is 0.410 e. The molecule has 0 saturated heterocycles. The van der Waals surface area contributed by atoms with Gasteiger partial charge in [-0.2, -0.15) is 0 Å². The maximum atomic E-state index is 12.9. The molecule has 2 N–H and O–H groups in total. The second-order valence-corrected chi connectivity index (χ2v) is 14.3. The molecule has 1 atom stereocenters. The summed E-state index contributed by atoms with van der Waals surface area (Å²) in [7, 11) is -3.74. The molecule has 1 fully saturated rings. The molecule has 0 aliphatic heterocycles. The van der Waals surface area contributed by atoms with E-state index < -0.39 is 33.7 Å². The molecule has 0 aromatic heterocycles. The van der Waals surface area contributed by atoms with Gasteiger partial charge in [0.05, 0.1) is 37.1 Å². The Bertz CT molecular complexity index is 1560. The molecule has 0 bridgehead atoms. The molecule has 3 aromatic rings. The Kier molecular flexibility index (Phi) is 11.7. The minimum atomic E-state index is -3.74. The summed E-state index contributed by atoms with van der Waals surface area (Å²) in [4.78, 5) is 27.1. The fraction of sp³-hybridized carbons (Fsp3) is 0.429. The van der Waals surface area contributed by atoms with Crippen LogP contribution in [0.15, 0.2) is 72.8 Å². The Balaban J connectivity index is 1.44. The number of carbonyl (C=O) groups is 2. The molecule has 10 nitrogen and oxygen atoms in total. The number of hydrogen-bond donors (Lipinski definition) is 2. The lowest BCUT2D eigenvalue weighted by molar-refractivity contribution is 0.0117. The normalized spacial score (nSPS) is 14.6. The zero-order valence-electron chi connectivity index (χ0n) is 26.9. The molecular weight excluding hydrogens is 608 g/mol. The van der Waals surface area contributed by atoms with Crippen molar-refractivity contribution in [1.29, 1.82) is 0 Å². The van der Waals surface area contributed by atoms with Gasteiger partial charge in [-0.3, -0.25) is 4.79 Å². The van der Waals surface area contributed by atoms with Gasteiger partial charge in [0.25, 0.3) is 5.91 Å². The van der Waals surface area contributed by atoms with Gasteiger partial charge in [-0.1, -0.05) is 55.0 Å². The highest BCUT2D eigenvalue weighted by Gasteiger charge is 2.25. The molecule has 2 amide bonds. The number of nitrogens with zero attached hydrogens (tertiary/aromatic N) is 1. The van der Waals surface area contributed by atoms with Crippen molar-refractivity contribution in [3.05, 3.63) is 83.9 Å². The Hall–Kier alpha value is -4.09. The van der Waals surface area contributed by atoms with Crippen LogP contribution in [0.3, 0.4) is 0 Å². The summed E-state index contributed by atoms with van der Waals surface area (Å²) >= 11 is 0. The molecule has 1 aliphatic carbocycles. The molecule has 0 spiro atoms. The standard InChI is InChI=1S/C35H44N2O8S/c1-35(2,3)45-34(40)37(24-31(38)26-11-7-5-8-12-26)21-22-43-28-18-15-25(16-19-28)27-17-20-30(33(39)36-46(4,41)42)32(23-27)44-29-13-9-6-10-14-29/h5,7-8,11-12,15-20,23,29,31,38H,6,9-10,13-14,21-22,24H2,1-4H3,(H,36,39)/t31-/m0/s1. The third-order valence-corrected chi connectivity index (χ3v) is 7.95. The van der Waals surface area contributed by atoms with Crippen molar-refractivity contribution in [3.8, 4) is 22.6 Å². The van der Waals surface area contributed by atoms with Gasteiger partial charge in [-0.15, -0.1) is 0 Å². The van der Waals surface area contributed by atoms with Gasteiger partial charge >= 0.3 is 6.09 Å². The number of carbonyl (C=O) groups excluding carboxylic acids is 2. The third kappa shape index (κ3) is 10.8. The van der Waals surface area contributed by atoms with Crippen LogP contribution in [-0.4, -0.2) is 68.1 Å². The van der Waals surface area contributed by atoms with E-state index in [2.05, 4.69) is 0 Å². The first-order valence-corrected chi connectivity index (χ1v) is 17.4. The van der Waals surface area contributed by atoms with Gasteiger partial charge in [-0.05, 0) is 87.4 Å². The summed E-state index contributed by atoms with van der Waals surface area (Å²) in [5.74, 6) is 0.186. The highest BCUT2D eigenvalue weighted by atomic mass is 32.2. The number of hydrogen-bond acceptors (Lipinski definition) is 8. The van der Waals surface area contributed by atoms with E-state index in [1.165, 1.54) is 4.90 Å². The number of aliphatic hydroxyl groups excluding tert-OH is 1. The maximum Gasteiger partial charge on any atom is 0.410 e. The summed E-state index contributed by atoms with van der Waals surface area (Å²) in [6, 6.07) is 21.6. The van der Waals surface area contributed by atoms with E-state index in [-0.39, 0.29) is 31.4 Å². The quantitative estimate of drug-likeness (QED) is 0.240. The average Bonchev–Trinajstić information content (AvgIpc) is 3.00. The van der Waals surface area contributed by atoms with E-state index in [0.29, 0.717) is 17.1 Å². The molecule has 0 heterocycles. The molecule has 11 heteroatoms. The summed E-state index contributed by atoms with van der Waals surface area (Å²) in [5.41, 5.74) is 1.80. The molecule has 0 radical (unpaired) electrons. The first kappa shape index (κ1) is 34.8. The van der Waals surface area contributed by atoms with Crippen LogP contribution in [0.25, 0.3) is 11.1 Å². The van der Waals surface area contributed by atoms with Crippen LogP contribution < -0.4 is 14.2 Å². The number of benzene rings is 3. The lowest BCUT2D eigenvalue weighted by atomic mass is 9.97. The van der Waals surface area contributed by atoms with Crippen molar-refractivity contribution in [2.24, 2.45) is 0 Å². The first-order chi connectivity index (χ1) is 21.8. The van der Waals surface area contributed by atoms with Crippen molar-refractivity contribution in [3.63, 3.8) is 0 Å². The Labute approximate surface area is 271 Å². The van der Waals surface area contributed by atoms with Crippen LogP contribution in [0.5, 0.6) is 11.5 Å². The number of ether oxygens (including phenoxy) is 3. The summed E-state index contributed by atoms with van der Waals surface area (Å²) in [6.07, 6.45) is 4.45. The lowest BCUT2D eigenvalue weighted by Crippen LogP contribution is -2.41. The Morgan fingerprint density at radius 3 is 2.24 bits per heavy atom. The van der Waals surface area contributed by atoms with Gasteiger partial charge < -0.3 is 24.2 Å². The van der Waals surface area contributed by atoms with Crippen molar-refractivity contribution >= 4 is 22.0 Å². The molecule has 4 rings (SSSR count).